The molecule has 0 saturated heterocycles. The molecule has 0 heterocycles. The molecule has 0 radical (unpaired) electrons. The summed E-state index contributed by atoms with van der Waals surface area (Å²) < 4.78 is 0. The van der Waals surface area contributed by atoms with Gasteiger partial charge in [0.15, 0.2) is 0 Å². The highest BCUT2D eigenvalue weighted by Crippen LogP contribution is 2.44. The normalized spacial score (nSPS) is 19.9. The standard InChI is InChI=1S/C16H23N/c1-11-3-4-15(12(2)9-11)10-17-16(13-5-6-13)14-7-8-14/h3-4,9,13-14,16-17H,5-8,10H2,1-2H3. The Morgan fingerprint density at radius 1 is 1.12 bits per heavy atom. The number of benzene rings is 1. The summed E-state index contributed by atoms with van der Waals surface area (Å²) in [4.78, 5) is 0. The Morgan fingerprint density at radius 2 is 1.76 bits per heavy atom. The molecule has 3 rings (SSSR count). The lowest BCUT2D eigenvalue weighted by Crippen LogP contribution is -2.32. The van der Waals surface area contributed by atoms with E-state index < -0.39 is 0 Å². The molecule has 1 aromatic carbocycles. The van der Waals surface area contributed by atoms with E-state index in [0.717, 1.165) is 24.4 Å². The topological polar surface area (TPSA) is 12.0 Å². The first-order valence-corrected chi connectivity index (χ1v) is 7.03. The van der Waals surface area contributed by atoms with Gasteiger partial charge < -0.3 is 5.32 Å². The highest BCUT2D eigenvalue weighted by Gasteiger charge is 2.40. The number of hydrogen-bond acceptors (Lipinski definition) is 1. The maximum atomic E-state index is 3.82. The quantitative estimate of drug-likeness (QED) is 0.813. The molecular weight excluding hydrogens is 206 g/mol. The van der Waals surface area contributed by atoms with Crippen LogP contribution in [0.2, 0.25) is 0 Å². The highest BCUT2D eigenvalue weighted by atomic mass is 14.9. The summed E-state index contributed by atoms with van der Waals surface area (Å²) in [6.45, 7) is 5.46. The van der Waals surface area contributed by atoms with Crippen LogP contribution in [0.3, 0.4) is 0 Å². The van der Waals surface area contributed by atoms with Gasteiger partial charge in [-0.2, -0.15) is 0 Å². The van der Waals surface area contributed by atoms with E-state index in [1.807, 2.05) is 0 Å². The van der Waals surface area contributed by atoms with E-state index in [4.69, 9.17) is 0 Å². The van der Waals surface area contributed by atoms with Crippen LogP contribution in [0.1, 0.15) is 42.4 Å². The van der Waals surface area contributed by atoms with Gasteiger partial charge in [-0.05, 0) is 62.5 Å². The monoisotopic (exact) mass is 229 g/mol. The van der Waals surface area contributed by atoms with Crippen LogP contribution in [0.25, 0.3) is 0 Å². The predicted molar refractivity (Wildman–Crippen MR) is 72.0 cm³/mol. The van der Waals surface area contributed by atoms with Gasteiger partial charge in [-0.25, -0.2) is 0 Å². The van der Waals surface area contributed by atoms with Crippen molar-refractivity contribution in [3.8, 4) is 0 Å². The number of hydrogen-bond donors (Lipinski definition) is 1. The van der Waals surface area contributed by atoms with E-state index in [1.54, 1.807) is 0 Å². The maximum absolute atomic E-state index is 3.82. The maximum Gasteiger partial charge on any atom is 0.0210 e. The van der Waals surface area contributed by atoms with Gasteiger partial charge in [0.2, 0.25) is 0 Å². The minimum Gasteiger partial charge on any atom is -0.309 e. The first kappa shape index (κ1) is 11.3. The van der Waals surface area contributed by atoms with Crippen LogP contribution < -0.4 is 5.32 Å². The molecular formula is C16H23N. The zero-order valence-electron chi connectivity index (χ0n) is 11.0. The summed E-state index contributed by atoms with van der Waals surface area (Å²) in [5, 5.41) is 3.82. The second-order valence-electron chi connectivity index (χ2n) is 6.01. The summed E-state index contributed by atoms with van der Waals surface area (Å²) >= 11 is 0. The lowest BCUT2D eigenvalue weighted by molar-refractivity contribution is 0.415. The van der Waals surface area contributed by atoms with Crippen LogP contribution in [0.15, 0.2) is 18.2 Å². The van der Waals surface area contributed by atoms with Crippen LogP contribution in [0.5, 0.6) is 0 Å². The number of aryl methyl sites for hydroxylation is 2. The zero-order valence-corrected chi connectivity index (χ0v) is 11.0. The summed E-state index contributed by atoms with van der Waals surface area (Å²) in [6.07, 6.45) is 5.84. The van der Waals surface area contributed by atoms with Crippen molar-refractivity contribution in [2.24, 2.45) is 11.8 Å². The molecule has 1 N–H and O–H groups in total. The molecule has 1 heteroatoms. The fourth-order valence-electron chi connectivity index (χ4n) is 2.90. The highest BCUT2D eigenvalue weighted by molar-refractivity contribution is 5.30. The predicted octanol–water partition coefficient (Wildman–Crippen LogP) is 3.58. The van der Waals surface area contributed by atoms with E-state index in [2.05, 4.69) is 37.4 Å². The van der Waals surface area contributed by atoms with E-state index in [9.17, 15) is 0 Å². The summed E-state index contributed by atoms with van der Waals surface area (Å²) in [6, 6.07) is 7.62. The third-order valence-corrected chi connectivity index (χ3v) is 4.29. The van der Waals surface area contributed by atoms with Crippen molar-refractivity contribution in [3.05, 3.63) is 34.9 Å². The Morgan fingerprint density at radius 3 is 2.29 bits per heavy atom. The molecule has 2 saturated carbocycles. The molecule has 0 spiro atoms. The molecule has 1 aromatic rings. The Hall–Kier alpha value is -0.820. The van der Waals surface area contributed by atoms with Gasteiger partial charge >= 0.3 is 0 Å². The van der Waals surface area contributed by atoms with Crippen molar-refractivity contribution in [1.29, 1.82) is 0 Å². The molecule has 2 fully saturated rings. The van der Waals surface area contributed by atoms with Gasteiger partial charge in [-0.1, -0.05) is 23.8 Å². The van der Waals surface area contributed by atoms with Crippen LogP contribution in [-0.2, 0) is 6.54 Å². The second kappa shape index (κ2) is 4.45. The average Bonchev–Trinajstić information content (AvgIpc) is 3.15. The fourth-order valence-corrected chi connectivity index (χ4v) is 2.90. The lowest BCUT2D eigenvalue weighted by atomic mass is 10.0. The van der Waals surface area contributed by atoms with Crippen molar-refractivity contribution < 1.29 is 0 Å². The number of nitrogens with one attached hydrogen (secondary N) is 1. The van der Waals surface area contributed by atoms with Crippen LogP contribution in [-0.4, -0.2) is 6.04 Å². The van der Waals surface area contributed by atoms with Gasteiger partial charge in [0.25, 0.3) is 0 Å². The summed E-state index contributed by atoms with van der Waals surface area (Å²) in [5.41, 5.74) is 4.27. The minimum absolute atomic E-state index is 0.815. The lowest BCUT2D eigenvalue weighted by Gasteiger charge is -2.18. The summed E-state index contributed by atoms with van der Waals surface area (Å²) in [5.74, 6) is 1.99. The van der Waals surface area contributed by atoms with Crippen molar-refractivity contribution in [2.75, 3.05) is 0 Å². The molecule has 17 heavy (non-hydrogen) atoms. The molecule has 0 aromatic heterocycles. The Labute approximate surface area is 105 Å². The second-order valence-corrected chi connectivity index (χ2v) is 6.01. The van der Waals surface area contributed by atoms with Crippen LogP contribution in [0, 0.1) is 25.7 Å². The molecule has 0 bridgehead atoms. The molecule has 2 aliphatic carbocycles. The van der Waals surface area contributed by atoms with Crippen LogP contribution >= 0.6 is 0 Å². The van der Waals surface area contributed by atoms with Gasteiger partial charge in [-0.15, -0.1) is 0 Å². The Balaban J connectivity index is 1.62. The third-order valence-electron chi connectivity index (χ3n) is 4.29. The SMILES string of the molecule is Cc1ccc(CNC(C2CC2)C2CC2)c(C)c1. The molecule has 0 atom stereocenters. The fraction of sp³-hybridized carbons (Fsp3) is 0.625. The van der Waals surface area contributed by atoms with Crippen LogP contribution in [0.4, 0.5) is 0 Å². The first-order valence-electron chi connectivity index (χ1n) is 7.03. The van der Waals surface area contributed by atoms with Crippen molar-refractivity contribution in [2.45, 2.75) is 52.1 Å². The molecule has 0 amide bonds. The van der Waals surface area contributed by atoms with E-state index in [1.165, 1.54) is 42.4 Å². The van der Waals surface area contributed by atoms with E-state index in [0.29, 0.717) is 0 Å². The largest absolute Gasteiger partial charge is 0.309 e. The third kappa shape index (κ3) is 2.71. The van der Waals surface area contributed by atoms with Gasteiger partial charge in [0, 0.05) is 12.6 Å². The van der Waals surface area contributed by atoms with Crippen molar-refractivity contribution in [1.82, 2.24) is 5.32 Å². The molecule has 0 unspecified atom stereocenters. The number of rotatable bonds is 5. The molecule has 1 nitrogen and oxygen atoms in total. The zero-order chi connectivity index (χ0) is 11.8. The Kier molecular flexibility index (Phi) is 2.96. The average molecular weight is 229 g/mol. The Bertz CT molecular complexity index is 390. The van der Waals surface area contributed by atoms with Gasteiger partial charge in [0.1, 0.15) is 0 Å². The summed E-state index contributed by atoms with van der Waals surface area (Å²) in [7, 11) is 0. The first-order chi connectivity index (χ1) is 8.24. The smallest absolute Gasteiger partial charge is 0.0210 e. The molecule has 2 aliphatic rings. The molecule has 0 aliphatic heterocycles. The van der Waals surface area contributed by atoms with E-state index in [-0.39, 0.29) is 0 Å². The molecule has 92 valence electrons. The van der Waals surface area contributed by atoms with Gasteiger partial charge in [-0.3, -0.25) is 0 Å². The van der Waals surface area contributed by atoms with E-state index >= 15 is 0 Å². The van der Waals surface area contributed by atoms with Crippen molar-refractivity contribution >= 4 is 0 Å². The van der Waals surface area contributed by atoms with Gasteiger partial charge in [0.05, 0.1) is 0 Å². The minimum atomic E-state index is 0.815. The van der Waals surface area contributed by atoms with Crippen molar-refractivity contribution in [3.63, 3.8) is 0 Å².